The lowest BCUT2D eigenvalue weighted by molar-refractivity contribution is 0.275. The summed E-state index contributed by atoms with van der Waals surface area (Å²) in [5, 5.41) is 8.78. The molecular formula is C11H16N2O3. The van der Waals surface area contributed by atoms with Gasteiger partial charge in [0.1, 0.15) is 0 Å². The first-order chi connectivity index (χ1) is 7.61. The zero-order valence-corrected chi connectivity index (χ0v) is 9.27. The van der Waals surface area contributed by atoms with Crippen LogP contribution < -0.4 is 11.2 Å². The quantitative estimate of drug-likeness (QED) is 0.747. The Balaban J connectivity index is 2.09. The third-order valence-electron chi connectivity index (χ3n) is 3.19. The molecule has 0 saturated heterocycles. The average Bonchev–Trinajstić information content (AvgIpc) is 2.94. The van der Waals surface area contributed by atoms with Gasteiger partial charge in [-0.3, -0.25) is 9.78 Å². The predicted octanol–water partition coefficient (Wildman–Crippen LogP) is -0.136. The molecule has 1 saturated carbocycles. The van der Waals surface area contributed by atoms with Crippen molar-refractivity contribution < 1.29 is 5.11 Å². The van der Waals surface area contributed by atoms with Gasteiger partial charge < -0.3 is 9.67 Å². The Morgan fingerprint density at radius 2 is 2.25 bits per heavy atom. The van der Waals surface area contributed by atoms with Crippen LogP contribution in [0.4, 0.5) is 0 Å². The average molecular weight is 224 g/mol. The van der Waals surface area contributed by atoms with Crippen LogP contribution in [0.2, 0.25) is 0 Å². The molecule has 5 nitrogen and oxygen atoms in total. The van der Waals surface area contributed by atoms with Crippen LogP contribution in [0.5, 0.6) is 0 Å². The van der Waals surface area contributed by atoms with Crippen molar-refractivity contribution >= 4 is 0 Å². The first-order valence-corrected chi connectivity index (χ1v) is 5.53. The molecule has 1 aromatic rings. The second-order valence-electron chi connectivity index (χ2n) is 4.49. The minimum absolute atomic E-state index is 0.209. The molecule has 1 heterocycles. The van der Waals surface area contributed by atoms with E-state index in [9.17, 15) is 9.59 Å². The highest BCUT2D eigenvalue weighted by molar-refractivity contribution is 5.01. The number of aromatic nitrogens is 2. The maximum atomic E-state index is 11.5. The lowest BCUT2D eigenvalue weighted by atomic mass is 10.2. The van der Waals surface area contributed by atoms with Gasteiger partial charge in [0.2, 0.25) is 0 Å². The molecule has 5 heteroatoms. The van der Waals surface area contributed by atoms with Gasteiger partial charge in [-0.05, 0) is 31.6 Å². The van der Waals surface area contributed by atoms with Crippen LogP contribution in [0, 0.1) is 18.8 Å². The van der Waals surface area contributed by atoms with Gasteiger partial charge in [0.05, 0.1) is 0 Å². The molecule has 2 atom stereocenters. The van der Waals surface area contributed by atoms with E-state index in [4.69, 9.17) is 5.11 Å². The molecule has 1 aromatic heterocycles. The van der Waals surface area contributed by atoms with Crippen molar-refractivity contribution in [1.82, 2.24) is 9.55 Å². The number of H-pyrrole nitrogens is 1. The molecule has 0 aliphatic heterocycles. The molecule has 0 amide bonds. The molecule has 1 aliphatic rings. The number of rotatable bonds is 4. The third-order valence-corrected chi connectivity index (χ3v) is 3.19. The fraction of sp³-hybridized carbons (Fsp3) is 0.636. The second-order valence-corrected chi connectivity index (χ2v) is 4.49. The number of aliphatic hydroxyl groups excluding tert-OH is 1. The van der Waals surface area contributed by atoms with Crippen LogP contribution in [-0.2, 0) is 6.54 Å². The summed E-state index contributed by atoms with van der Waals surface area (Å²) >= 11 is 0. The van der Waals surface area contributed by atoms with Crippen LogP contribution in [0.1, 0.15) is 18.4 Å². The standard InChI is InChI=1S/C11H16N2O3/c1-7-5-13(11(16)12-10(7)15)6-9-4-8(9)2-3-14/h5,8-9,14H,2-4,6H2,1H3,(H,12,15,16)/t8-,9+/m1/s1. The first kappa shape index (κ1) is 11.1. The molecule has 0 aromatic carbocycles. The van der Waals surface area contributed by atoms with Crippen molar-refractivity contribution in [3.63, 3.8) is 0 Å². The Morgan fingerprint density at radius 3 is 2.94 bits per heavy atom. The van der Waals surface area contributed by atoms with E-state index in [1.807, 2.05) is 0 Å². The molecule has 2 N–H and O–H groups in total. The lowest BCUT2D eigenvalue weighted by Gasteiger charge is -2.04. The summed E-state index contributed by atoms with van der Waals surface area (Å²) in [4.78, 5) is 24.9. The fourth-order valence-electron chi connectivity index (χ4n) is 2.06. The smallest absolute Gasteiger partial charge is 0.328 e. The number of aryl methyl sites for hydroxylation is 1. The van der Waals surface area contributed by atoms with E-state index in [2.05, 4.69) is 4.98 Å². The van der Waals surface area contributed by atoms with Gasteiger partial charge in [0.25, 0.3) is 5.56 Å². The topological polar surface area (TPSA) is 75.1 Å². The molecule has 1 fully saturated rings. The van der Waals surface area contributed by atoms with Gasteiger partial charge in [0, 0.05) is 24.9 Å². The monoisotopic (exact) mass is 224 g/mol. The van der Waals surface area contributed by atoms with Crippen LogP contribution in [-0.4, -0.2) is 21.3 Å². The number of hydrogen-bond donors (Lipinski definition) is 2. The van der Waals surface area contributed by atoms with Gasteiger partial charge >= 0.3 is 5.69 Å². The van der Waals surface area contributed by atoms with Crippen molar-refractivity contribution in [3.8, 4) is 0 Å². The van der Waals surface area contributed by atoms with Gasteiger partial charge in [-0.1, -0.05) is 0 Å². The molecule has 0 radical (unpaired) electrons. The summed E-state index contributed by atoms with van der Waals surface area (Å²) in [5.41, 5.74) is -0.104. The molecular weight excluding hydrogens is 208 g/mol. The van der Waals surface area contributed by atoms with E-state index in [1.54, 1.807) is 17.7 Å². The number of aliphatic hydroxyl groups is 1. The molecule has 0 unspecified atom stereocenters. The van der Waals surface area contributed by atoms with Gasteiger partial charge in [-0.2, -0.15) is 0 Å². The van der Waals surface area contributed by atoms with Gasteiger partial charge in [0.15, 0.2) is 0 Å². The summed E-state index contributed by atoms with van der Waals surface area (Å²) in [7, 11) is 0. The number of nitrogens with one attached hydrogen (secondary N) is 1. The highest BCUT2D eigenvalue weighted by atomic mass is 16.3. The zero-order chi connectivity index (χ0) is 11.7. The maximum Gasteiger partial charge on any atom is 0.328 e. The van der Waals surface area contributed by atoms with E-state index in [1.165, 1.54) is 0 Å². The van der Waals surface area contributed by atoms with Crippen molar-refractivity contribution in [2.24, 2.45) is 11.8 Å². The van der Waals surface area contributed by atoms with E-state index < -0.39 is 0 Å². The van der Waals surface area contributed by atoms with E-state index >= 15 is 0 Å². The van der Waals surface area contributed by atoms with Gasteiger partial charge in [-0.15, -0.1) is 0 Å². The fourth-order valence-corrected chi connectivity index (χ4v) is 2.06. The van der Waals surface area contributed by atoms with Crippen molar-refractivity contribution in [3.05, 3.63) is 32.6 Å². The highest BCUT2D eigenvalue weighted by Crippen LogP contribution is 2.41. The molecule has 1 aliphatic carbocycles. The zero-order valence-electron chi connectivity index (χ0n) is 9.27. The van der Waals surface area contributed by atoms with Crippen LogP contribution in [0.3, 0.4) is 0 Å². The number of nitrogens with zero attached hydrogens (tertiary/aromatic N) is 1. The Kier molecular flexibility index (Phi) is 2.96. The van der Waals surface area contributed by atoms with E-state index in [0.717, 1.165) is 12.8 Å². The Bertz CT molecular complexity index is 489. The van der Waals surface area contributed by atoms with E-state index in [-0.39, 0.29) is 17.9 Å². The minimum atomic E-state index is -0.342. The Hall–Kier alpha value is -1.36. The SMILES string of the molecule is Cc1cn(C[C@@H]2C[C@H]2CCO)c(=O)[nH]c1=O. The molecule has 0 bridgehead atoms. The van der Waals surface area contributed by atoms with Gasteiger partial charge in [-0.25, -0.2) is 4.79 Å². The first-order valence-electron chi connectivity index (χ1n) is 5.53. The molecule has 16 heavy (non-hydrogen) atoms. The summed E-state index contributed by atoms with van der Waals surface area (Å²) in [6, 6.07) is 0. The number of hydrogen-bond acceptors (Lipinski definition) is 3. The minimum Gasteiger partial charge on any atom is -0.396 e. The van der Waals surface area contributed by atoms with Crippen molar-refractivity contribution in [2.45, 2.75) is 26.3 Å². The summed E-state index contributed by atoms with van der Waals surface area (Å²) in [6.07, 6.45) is 3.47. The summed E-state index contributed by atoms with van der Waals surface area (Å²) in [5.74, 6) is 0.999. The highest BCUT2D eigenvalue weighted by Gasteiger charge is 2.36. The normalized spacial score (nSPS) is 23.4. The predicted molar refractivity (Wildman–Crippen MR) is 59.4 cm³/mol. The molecule has 2 rings (SSSR count). The van der Waals surface area contributed by atoms with Crippen LogP contribution in [0.25, 0.3) is 0 Å². The Labute approximate surface area is 92.7 Å². The second kappa shape index (κ2) is 4.25. The third kappa shape index (κ3) is 2.24. The lowest BCUT2D eigenvalue weighted by Crippen LogP contribution is -2.31. The summed E-state index contributed by atoms with van der Waals surface area (Å²) in [6.45, 7) is 2.54. The van der Waals surface area contributed by atoms with Crippen LogP contribution >= 0.6 is 0 Å². The Morgan fingerprint density at radius 1 is 1.50 bits per heavy atom. The molecule has 88 valence electrons. The molecule has 0 spiro atoms. The van der Waals surface area contributed by atoms with Crippen molar-refractivity contribution in [2.75, 3.05) is 6.61 Å². The summed E-state index contributed by atoms with van der Waals surface area (Å²) < 4.78 is 1.55. The van der Waals surface area contributed by atoms with E-state index in [0.29, 0.717) is 23.9 Å². The van der Waals surface area contributed by atoms with Crippen molar-refractivity contribution in [1.29, 1.82) is 0 Å². The van der Waals surface area contributed by atoms with Crippen LogP contribution in [0.15, 0.2) is 15.8 Å². The number of aromatic amines is 1. The maximum absolute atomic E-state index is 11.5. The largest absolute Gasteiger partial charge is 0.396 e.